The lowest BCUT2D eigenvalue weighted by atomic mass is 9.74. The van der Waals surface area contributed by atoms with E-state index in [1.165, 1.54) is 5.56 Å². The van der Waals surface area contributed by atoms with Gasteiger partial charge in [0, 0.05) is 12.1 Å². The molecule has 2 aliphatic rings. The second-order valence-electron chi connectivity index (χ2n) is 5.02. The van der Waals surface area contributed by atoms with Crippen molar-refractivity contribution in [2.24, 2.45) is 0 Å². The molecule has 1 aromatic carbocycles. The molecule has 18 heavy (non-hydrogen) atoms. The zero-order valence-corrected chi connectivity index (χ0v) is 9.95. The zero-order valence-electron chi connectivity index (χ0n) is 9.95. The molecule has 0 bridgehead atoms. The summed E-state index contributed by atoms with van der Waals surface area (Å²) in [6.07, 6.45) is 2.00. The van der Waals surface area contributed by atoms with Gasteiger partial charge in [-0.1, -0.05) is 6.07 Å². The Balaban J connectivity index is 1.97. The van der Waals surface area contributed by atoms with Gasteiger partial charge in [-0.05, 0) is 36.1 Å². The highest BCUT2D eigenvalue weighted by Crippen LogP contribution is 2.31. The van der Waals surface area contributed by atoms with Crippen LogP contribution in [0.25, 0.3) is 0 Å². The van der Waals surface area contributed by atoms with Crippen molar-refractivity contribution in [3.05, 3.63) is 29.3 Å². The lowest BCUT2D eigenvalue weighted by Gasteiger charge is -2.40. The maximum atomic E-state index is 12.1. The van der Waals surface area contributed by atoms with Gasteiger partial charge < -0.3 is 16.4 Å². The van der Waals surface area contributed by atoms with E-state index in [2.05, 4.69) is 10.6 Å². The third-order valence-corrected chi connectivity index (χ3v) is 3.84. The van der Waals surface area contributed by atoms with Gasteiger partial charge in [0.2, 0.25) is 0 Å². The van der Waals surface area contributed by atoms with Crippen LogP contribution in [0.15, 0.2) is 18.2 Å². The van der Waals surface area contributed by atoms with Crippen LogP contribution in [0.1, 0.15) is 17.5 Å². The van der Waals surface area contributed by atoms with Crippen molar-refractivity contribution in [3.63, 3.8) is 0 Å². The molecule has 0 radical (unpaired) electrons. The molecule has 1 aliphatic heterocycles. The Hall–Kier alpha value is -2.04. The Kier molecular flexibility index (Phi) is 2.29. The molecule has 2 amide bonds. The van der Waals surface area contributed by atoms with Crippen LogP contribution in [0.2, 0.25) is 0 Å². The summed E-state index contributed by atoms with van der Waals surface area (Å²) >= 11 is 0. The molecule has 1 unspecified atom stereocenters. The van der Waals surface area contributed by atoms with Crippen LogP contribution in [-0.2, 0) is 17.6 Å². The maximum Gasteiger partial charge on any atom is 0.315 e. The number of nitrogen functional groups attached to an aromatic ring is 1. The van der Waals surface area contributed by atoms with Gasteiger partial charge in [0.1, 0.15) is 5.54 Å². The number of anilines is 1. The van der Waals surface area contributed by atoms with E-state index < -0.39 is 5.54 Å². The van der Waals surface area contributed by atoms with Gasteiger partial charge >= 0.3 is 6.03 Å². The quantitative estimate of drug-likeness (QED) is 0.578. The number of fused-ring (bicyclic) bond motifs is 1. The normalized spacial score (nSPS) is 26.4. The second kappa shape index (κ2) is 3.73. The Morgan fingerprint density at radius 2 is 2.06 bits per heavy atom. The first-order valence-corrected chi connectivity index (χ1v) is 6.06. The third-order valence-electron chi connectivity index (χ3n) is 3.84. The number of aryl methyl sites for hydroxylation is 1. The fourth-order valence-corrected chi connectivity index (χ4v) is 2.82. The first kappa shape index (κ1) is 11.1. The van der Waals surface area contributed by atoms with Crippen molar-refractivity contribution in [1.82, 2.24) is 10.6 Å². The number of carbonyl (C=O) groups excluding carboxylic acids is 2. The number of amides is 2. The van der Waals surface area contributed by atoms with E-state index in [4.69, 9.17) is 5.73 Å². The summed E-state index contributed by atoms with van der Waals surface area (Å²) in [5.74, 6) is 0.0511. The largest absolute Gasteiger partial charge is 0.399 e. The van der Waals surface area contributed by atoms with Gasteiger partial charge in [-0.25, -0.2) is 4.79 Å². The van der Waals surface area contributed by atoms with Gasteiger partial charge in [-0.3, -0.25) is 4.79 Å². The zero-order chi connectivity index (χ0) is 12.8. The Bertz CT molecular complexity index is 541. The van der Waals surface area contributed by atoms with Crippen molar-refractivity contribution >= 4 is 17.5 Å². The molecule has 1 aromatic rings. The number of nitrogens with one attached hydrogen (secondary N) is 2. The molecular weight excluding hydrogens is 230 g/mol. The minimum atomic E-state index is -0.733. The highest BCUT2D eigenvalue weighted by Gasteiger charge is 2.44. The molecular formula is C13H15N3O2. The summed E-state index contributed by atoms with van der Waals surface area (Å²) in [5, 5.41) is 5.32. The molecule has 1 fully saturated rings. The Labute approximate surface area is 105 Å². The van der Waals surface area contributed by atoms with Crippen LogP contribution in [0.4, 0.5) is 10.5 Å². The number of nitrogens with two attached hydrogens (primary N) is 1. The average Bonchev–Trinajstić information content (AvgIpc) is 2.34. The molecule has 1 atom stereocenters. The predicted molar refractivity (Wildman–Crippen MR) is 67.2 cm³/mol. The summed E-state index contributed by atoms with van der Waals surface area (Å²) in [6, 6.07) is 5.52. The molecule has 94 valence electrons. The fourth-order valence-electron chi connectivity index (χ4n) is 2.82. The van der Waals surface area contributed by atoms with Crippen molar-refractivity contribution in [2.45, 2.75) is 24.8 Å². The molecule has 5 heteroatoms. The second-order valence-corrected chi connectivity index (χ2v) is 5.02. The monoisotopic (exact) mass is 245 g/mol. The van der Waals surface area contributed by atoms with E-state index in [1.54, 1.807) is 0 Å². The van der Waals surface area contributed by atoms with Gasteiger partial charge in [0.25, 0.3) is 0 Å². The van der Waals surface area contributed by atoms with Crippen molar-refractivity contribution < 1.29 is 9.59 Å². The third kappa shape index (κ3) is 1.63. The maximum absolute atomic E-state index is 12.1. The van der Waals surface area contributed by atoms with Crippen LogP contribution >= 0.6 is 0 Å². The molecule has 5 nitrogen and oxygen atoms in total. The molecule has 1 saturated heterocycles. The summed E-state index contributed by atoms with van der Waals surface area (Å²) in [7, 11) is 0. The fraction of sp³-hybridized carbons (Fsp3) is 0.385. The molecule has 3 rings (SSSR count). The van der Waals surface area contributed by atoms with Crippen LogP contribution in [0.3, 0.4) is 0 Å². The van der Waals surface area contributed by atoms with E-state index in [0.29, 0.717) is 18.5 Å². The van der Waals surface area contributed by atoms with Crippen LogP contribution in [0, 0.1) is 0 Å². The Morgan fingerprint density at radius 3 is 2.89 bits per heavy atom. The minimum absolute atomic E-state index is 0.0511. The first-order chi connectivity index (χ1) is 8.59. The number of carbonyl (C=O) groups is 2. The molecule has 1 heterocycles. The highest BCUT2D eigenvalue weighted by atomic mass is 16.2. The van der Waals surface area contributed by atoms with Gasteiger partial charge in [-0.15, -0.1) is 0 Å². The van der Waals surface area contributed by atoms with E-state index in [1.807, 2.05) is 18.2 Å². The van der Waals surface area contributed by atoms with Crippen molar-refractivity contribution in [2.75, 3.05) is 12.3 Å². The van der Waals surface area contributed by atoms with Crippen LogP contribution in [0.5, 0.6) is 0 Å². The molecule has 0 aromatic heterocycles. The lowest BCUT2D eigenvalue weighted by Crippen LogP contribution is -2.66. The standard InChI is InChI=1S/C13H15N3O2/c14-10-2-1-8-3-4-13(6-9(8)5-10)11(17)7-15-12(18)16-13/h1-2,5H,3-4,6-7,14H2,(H2,15,16,18). The summed E-state index contributed by atoms with van der Waals surface area (Å²) in [6.45, 7) is 0.115. The summed E-state index contributed by atoms with van der Waals surface area (Å²) in [5.41, 5.74) is 8.02. The SMILES string of the molecule is Nc1ccc2c(c1)CC1(CC2)NC(=O)NCC1=O. The number of rotatable bonds is 0. The topological polar surface area (TPSA) is 84.2 Å². The number of urea groups is 1. The summed E-state index contributed by atoms with van der Waals surface area (Å²) in [4.78, 5) is 23.6. The van der Waals surface area contributed by atoms with E-state index in [9.17, 15) is 9.59 Å². The smallest absolute Gasteiger partial charge is 0.315 e. The minimum Gasteiger partial charge on any atom is -0.399 e. The highest BCUT2D eigenvalue weighted by molar-refractivity contribution is 5.99. The number of ketones is 1. The Morgan fingerprint density at radius 1 is 1.22 bits per heavy atom. The number of benzene rings is 1. The van der Waals surface area contributed by atoms with Gasteiger partial charge in [-0.2, -0.15) is 0 Å². The summed E-state index contributed by atoms with van der Waals surface area (Å²) < 4.78 is 0. The van der Waals surface area contributed by atoms with Gasteiger partial charge in [0.05, 0.1) is 6.54 Å². The molecule has 0 saturated carbocycles. The molecule has 1 spiro atoms. The lowest BCUT2D eigenvalue weighted by molar-refractivity contribution is -0.125. The molecule has 4 N–H and O–H groups in total. The first-order valence-electron chi connectivity index (χ1n) is 6.06. The molecule has 1 aliphatic carbocycles. The van der Waals surface area contributed by atoms with E-state index in [0.717, 1.165) is 12.0 Å². The number of hydrogen-bond acceptors (Lipinski definition) is 3. The predicted octanol–water partition coefficient (Wildman–Crippen LogP) is 0.378. The van der Waals surface area contributed by atoms with E-state index >= 15 is 0 Å². The van der Waals surface area contributed by atoms with Crippen LogP contribution in [-0.4, -0.2) is 23.9 Å². The number of hydrogen-bond donors (Lipinski definition) is 3. The van der Waals surface area contributed by atoms with Gasteiger partial charge in [0.15, 0.2) is 5.78 Å². The number of Topliss-reactive ketones (excluding diaryl/α,β-unsaturated/α-hetero) is 1. The van der Waals surface area contributed by atoms with Crippen molar-refractivity contribution in [3.8, 4) is 0 Å². The van der Waals surface area contributed by atoms with Crippen LogP contribution < -0.4 is 16.4 Å². The van der Waals surface area contributed by atoms with Crippen molar-refractivity contribution in [1.29, 1.82) is 0 Å². The van der Waals surface area contributed by atoms with E-state index in [-0.39, 0.29) is 18.4 Å². The average molecular weight is 245 g/mol.